The second-order valence-electron chi connectivity index (χ2n) is 3.88. The molecule has 18 heavy (non-hydrogen) atoms. The third-order valence-corrected chi connectivity index (χ3v) is 2.58. The average Bonchev–Trinajstić information content (AvgIpc) is 2.88. The molecule has 0 fully saturated rings. The van der Waals surface area contributed by atoms with Crippen LogP contribution in [-0.4, -0.2) is 23.4 Å². The van der Waals surface area contributed by atoms with E-state index in [0.717, 1.165) is 5.56 Å². The molecular weight excluding hydrogens is 230 g/mol. The van der Waals surface area contributed by atoms with E-state index >= 15 is 0 Å². The van der Waals surface area contributed by atoms with Crippen molar-refractivity contribution in [3.05, 3.63) is 47.6 Å². The molecule has 0 aliphatic carbocycles. The first kappa shape index (κ1) is 12.7. The second kappa shape index (κ2) is 6.28. The monoisotopic (exact) mass is 247 g/mol. The van der Waals surface area contributed by atoms with Crippen LogP contribution in [0, 0.1) is 0 Å². The highest BCUT2D eigenvalue weighted by Crippen LogP contribution is 2.17. The molecule has 1 heterocycles. The molecule has 0 amide bonds. The number of aromatic nitrogens is 2. The Balaban J connectivity index is 2.01. The number of rotatable bonds is 6. The largest absolute Gasteiger partial charge is 0.381 e. The third-order valence-electron chi connectivity index (χ3n) is 2.58. The number of hydrogen-bond donors (Lipinski definition) is 1. The maximum atomic E-state index is 6.06. The molecule has 2 N–H and O–H groups in total. The Labute approximate surface area is 106 Å². The normalized spacial score (nSPS) is 12.6. The maximum absolute atomic E-state index is 6.06. The molecule has 2 aromatic rings. The fraction of sp³-hybridized carbons (Fsp3) is 0.385. The topological polar surface area (TPSA) is 74.2 Å². The summed E-state index contributed by atoms with van der Waals surface area (Å²) in [4.78, 5) is 4.28. The van der Waals surface area contributed by atoms with E-state index in [1.807, 2.05) is 37.3 Å². The van der Waals surface area contributed by atoms with Gasteiger partial charge in [-0.1, -0.05) is 35.5 Å². The predicted molar refractivity (Wildman–Crippen MR) is 67.0 cm³/mol. The zero-order chi connectivity index (χ0) is 12.8. The summed E-state index contributed by atoms with van der Waals surface area (Å²) in [5, 5.41) is 3.89. The number of ether oxygens (including phenoxy) is 1. The van der Waals surface area contributed by atoms with Crippen molar-refractivity contribution in [2.24, 2.45) is 5.73 Å². The van der Waals surface area contributed by atoms with Crippen molar-refractivity contribution < 1.29 is 9.26 Å². The van der Waals surface area contributed by atoms with Crippen LogP contribution in [0.4, 0.5) is 0 Å². The van der Waals surface area contributed by atoms with E-state index in [-0.39, 0.29) is 6.04 Å². The van der Waals surface area contributed by atoms with Gasteiger partial charge in [0.15, 0.2) is 5.82 Å². The molecular formula is C13H17N3O2. The van der Waals surface area contributed by atoms with Crippen LogP contribution in [0.15, 0.2) is 34.9 Å². The second-order valence-corrected chi connectivity index (χ2v) is 3.88. The van der Waals surface area contributed by atoms with Gasteiger partial charge in [0.1, 0.15) is 6.04 Å². The number of hydrogen-bond acceptors (Lipinski definition) is 5. The van der Waals surface area contributed by atoms with Gasteiger partial charge >= 0.3 is 0 Å². The lowest BCUT2D eigenvalue weighted by Gasteiger charge is -2.05. The van der Waals surface area contributed by atoms with Gasteiger partial charge in [-0.3, -0.25) is 0 Å². The van der Waals surface area contributed by atoms with Crippen LogP contribution in [0.3, 0.4) is 0 Å². The fourth-order valence-electron chi connectivity index (χ4n) is 1.61. The molecule has 2 rings (SSSR count). The Morgan fingerprint density at radius 2 is 2.11 bits per heavy atom. The van der Waals surface area contributed by atoms with E-state index in [1.165, 1.54) is 0 Å². The lowest BCUT2D eigenvalue weighted by Crippen LogP contribution is -2.12. The van der Waals surface area contributed by atoms with Crippen LogP contribution in [0.1, 0.15) is 30.2 Å². The predicted octanol–water partition coefficient (Wildman–Crippen LogP) is 1.70. The van der Waals surface area contributed by atoms with Crippen LogP contribution in [0.2, 0.25) is 0 Å². The van der Waals surface area contributed by atoms with Crippen molar-refractivity contribution in [2.45, 2.75) is 19.4 Å². The smallest absolute Gasteiger partial charge is 0.248 e. The van der Waals surface area contributed by atoms with Crippen molar-refractivity contribution in [1.29, 1.82) is 0 Å². The van der Waals surface area contributed by atoms with Crippen molar-refractivity contribution in [2.75, 3.05) is 13.2 Å². The van der Waals surface area contributed by atoms with Crippen LogP contribution in [-0.2, 0) is 11.2 Å². The van der Waals surface area contributed by atoms with E-state index in [2.05, 4.69) is 10.1 Å². The van der Waals surface area contributed by atoms with Gasteiger partial charge in [-0.05, 0) is 12.5 Å². The summed E-state index contributed by atoms with van der Waals surface area (Å²) in [5.74, 6) is 1.07. The molecule has 0 radical (unpaired) electrons. The first-order chi connectivity index (χ1) is 8.81. The quantitative estimate of drug-likeness (QED) is 0.786. The molecule has 96 valence electrons. The molecule has 1 atom stereocenters. The van der Waals surface area contributed by atoms with Gasteiger partial charge in [0.2, 0.25) is 5.89 Å². The first-order valence-corrected chi connectivity index (χ1v) is 6.02. The zero-order valence-corrected chi connectivity index (χ0v) is 10.4. The zero-order valence-electron chi connectivity index (χ0n) is 10.4. The summed E-state index contributed by atoms with van der Waals surface area (Å²) in [7, 11) is 0. The highest BCUT2D eigenvalue weighted by molar-refractivity contribution is 5.22. The highest BCUT2D eigenvalue weighted by atomic mass is 16.5. The fourth-order valence-corrected chi connectivity index (χ4v) is 1.61. The molecule has 0 bridgehead atoms. The van der Waals surface area contributed by atoms with Crippen molar-refractivity contribution in [3.8, 4) is 0 Å². The van der Waals surface area contributed by atoms with Crippen LogP contribution >= 0.6 is 0 Å². The lowest BCUT2D eigenvalue weighted by atomic mass is 10.1. The summed E-state index contributed by atoms with van der Waals surface area (Å²) in [6.45, 7) is 3.23. The minimum absolute atomic E-state index is 0.375. The standard InChI is InChI=1S/C13H17N3O2/c1-2-17-9-8-11-15-13(18-16-11)12(14)10-6-4-3-5-7-10/h3-7,12H,2,8-9,14H2,1H3/t12-/m1/s1. The van der Waals surface area contributed by atoms with Gasteiger partial charge in [-0.15, -0.1) is 0 Å². The van der Waals surface area contributed by atoms with Crippen LogP contribution in [0.25, 0.3) is 0 Å². The Kier molecular flexibility index (Phi) is 4.44. The molecule has 0 aliphatic heterocycles. The Morgan fingerprint density at radius 1 is 1.33 bits per heavy atom. The Hall–Kier alpha value is -1.72. The van der Waals surface area contributed by atoms with Crippen LogP contribution in [0.5, 0.6) is 0 Å². The van der Waals surface area contributed by atoms with Gasteiger partial charge in [0, 0.05) is 13.0 Å². The Morgan fingerprint density at radius 3 is 2.83 bits per heavy atom. The number of benzene rings is 1. The summed E-state index contributed by atoms with van der Waals surface area (Å²) in [6, 6.07) is 9.31. The van der Waals surface area contributed by atoms with Crippen molar-refractivity contribution in [1.82, 2.24) is 10.1 Å². The molecule has 0 spiro atoms. The molecule has 0 unspecified atom stereocenters. The molecule has 1 aromatic carbocycles. The molecule has 5 nitrogen and oxygen atoms in total. The van der Waals surface area contributed by atoms with Crippen molar-refractivity contribution in [3.63, 3.8) is 0 Å². The average molecular weight is 247 g/mol. The van der Waals surface area contributed by atoms with Gasteiger partial charge in [-0.2, -0.15) is 4.98 Å². The number of nitrogens with zero attached hydrogens (tertiary/aromatic N) is 2. The summed E-state index contributed by atoms with van der Waals surface area (Å²) in [5.41, 5.74) is 7.01. The first-order valence-electron chi connectivity index (χ1n) is 6.02. The van der Waals surface area contributed by atoms with Gasteiger partial charge in [0.25, 0.3) is 0 Å². The minimum Gasteiger partial charge on any atom is -0.381 e. The Bertz CT molecular complexity index is 470. The third kappa shape index (κ3) is 3.15. The highest BCUT2D eigenvalue weighted by Gasteiger charge is 2.16. The van der Waals surface area contributed by atoms with E-state index in [9.17, 15) is 0 Å². The van der Waals surface area contributed by atoms with Gasteiger partial charge in [-0.25, -0.2) is 0 Å². The molecule has 0 saturated carbocycles. The van der Waals surface area contributed by atoms with Gasteiger partial charge in [0.05, 0.1) is 6.61 Å². The summed E-state index contributed by atoms with van der Waals surface area (Å²) >= 11 is 0. The molecule has 5 heteroatoms. The minimum atomic E-state index is -0.375. The SMILES string of the molecule is CCOCCc1noc([C@H](N)c2ccccc2)n1. The van der Waals surface area contributed by atoms with Gasteiger partial charge < -0.3 is 15.0 Å². The number of nitrogens with two attached hydrogens (primary N) is 1. The lowest BCUT2D eigenvalue weighted by molar-refractivity contribution is 0.149. The summed E-state index contributed by atoms with van der Waals surface area (Å²) in [6.07, 6.45) is 0.638. The maximum Gasteiger partial charge on any atom is 0.248 e. The molecule has 1 aromatic heterocycles. The van der Waals surface area contributed by atoms with Crippen molar-refractivity contribution >= 4 is 0 Å². The van der Waals surface area contributed by atoms with E-state index < -0.39 is 0 Å². The molecule has 0 saturated heterocycles. The van der Waals surface area contributed by atoms with E-state index in [4.69, 9.17) is 15.0 Å². The van der Waals surface area contributed by atoms with E-state index in [0.29, 0.717) is 31.3 Å². The summed E-state index contributed by atoms with van der Waals surface area (Å²) < 4.78 is 10.4. The van der Waals surface area contributed by atoms with Crippen LogP contribution < -0.4 is 5.73 Å². The molecule has 0 aliphatic rings. The van der Waals surface area contributed by atoms with E-state index in [1.54, 1.807) is 0 Å².